The molecule has 0 aliphatic carbocycles. The first kappa shape index (κ1) is 13.7. The highest BCUT2D eigenvalue weighted by molar-refractivity contribution is 5.59. The fourth-order valence-electron chi connectivity index (χ4n) is 1.96. The molecule has 2 aromatic carbocycles. The zero-order valence-corrected chi connectivity index (χ0v) is 11.4. The molecule has 0 saturated heterocycles. The molecule has 2 N–H and O–H groups in total. The molecule has 0 spiro atoms. The van der Waals surface area contributed by atoms with E-state index in [-0.39, 0.29) is 5.69 Å². The molecule has 8 heteroatoms. The van der Waals surface area contributed by atoms with Gasteiger partial charge in [0, 0.05) is 29.9 Å². The molecular formula is C14H12N6O2. The van der Waals surface area contributed by atoms with Crippen molar-refractivity contribution in [1.29, 1.82) is 0 Å². The van der Waals surface area contributed by atoms with Crippen LogP contribution in [-0.2, 0) is 6.54 Å². The van der Waals surface area contributed by atoms with Gasteiger partial charge >= 0.3 is 0 Å². The number of aromatic nitrogens is 4. The van der Waals surface area contributed by atoms with Crippen LogP contribution in [-0.4, -0.2) is 25.5 Å². The summed E-state index contributed by atoms with van der Waals surface area (Å²) in [7, 11) is 0. The van der Waals surface area contributed by atoms with Crippen LogP contribution < -0.4 is 5.32 Å². The van der Waals surface area contributed by atoms with Crippen LogP contribution in [0.1, 0.15) is 5.56 Å². The lowest BCUT2D eigenvalue weighted by molar-refractivity contribution is -0.384. The van der Waals surface area contributed by atoms with Crippen molar-refractivity contribution in [2.45, 2.75) is 6.54 Å². The summed E-state index contributed by atoms with van der Waals surface area (Å²) in [6.45, 7) is 0.583. The number of non-ortho nitro benzene ring substituents is 1. The molecule has 1 heterocycles. The van der Waals surface area contributed by atoms with Crippen LogP contribution in [0.4, 0.5) is 11.4 Å². The third-order valence-electron chi connectivity index (χ3n) is 3.13. The zero-order chi connectivity index (χ0) is 15.4. The molecule has 110 valence electrons. The smallest absolute Gasteiger partial charge is 0.269 e. The van der Waals surface area contributed by atoms with Crippen molar-refractivity contribution in [3.8, 4) is 11.4 Å². The van der Waals surface area contributed by atoms with Crippen molar-refractivity contribution in [3.63, 3.8) is 0 Å². The van der Waals surface area contributed by atoms with Gasteiger partial charge in [0.25, 0.3) is 5.69 Å². The van der Waals surface area contributed by atoms with Crippen LogP contribution in [0.5, 0.6) is 0 Å². The number of anilines is 1. The van der Waals surface area contributed by atoms with Gasteiger partial charge in [0.05, 0.1) is 4.92 Å². The standard InChI is InChI=1S/C14H12N6O2/c21-20(22)13-7-1-10(2-8-13)9-15-12-5-3-11(4-6-12)14-16-18-19-17-14/h1-8,15H,9H2,(H,16,17,18,19). The fraction of sp³-hybridized carbons (Fsp3) is 0.0714. The molecule has 0 bridgehead atoms. The van der Waals surface area contributed by atoms with E-state index in [9.17, 15) is 10.1 Å². The molecular weight excluding hydrogens is 284 g/mol. The Hall–Kier alpha value is -3.29. The minimum absolute atomic E-state index is 0.0909. The summed E-state index contributed by atoms with van der Waals surface area (Å²) in [4.78, 5) is 10.2. The van der Waals surface area contributed by atoms with Crippen LogP contribution >= 0.6 is 0 Å². The predicted octanol–water partition coefficient (Wildman–Crippen LogP) is 2.39. The number of nitrogens with one attached hydrogen (secondary N) is 2. The van der Waals surface area contributed by atoms with Gasteiger partial charge in [-0.05, 0) is 35.0 Å². The fourth-order valence-corrected chi connectivity index (χ4v) is 1.96. The number of hydrogen-bond acceptors (Lipinski definition) is 6. The van der Waals surface area contributed by atoms with Crippen LogP contribution in [0.3, 0.4) is 0 Å². The molecule has 0 radical (unpaired) electrons. The Bertz CT molecular complexity index is 753. The predicted molar refractivity (Wildman–Crippen MR) is 80.0 cm³/mol. The van der Waals surface area contributed by atoms with E-state index >= 15 is 0 Å². The van der Waals surface area contributed by atoms with E-state index in [2.05, 4.69) is 25.9 Å². The van der Waals surface area contributed by atoms with Gasteiger partial charge in [-0.1, -0.05) is 12.1 Å². The number of hydrogen-bond donors (Lipinski definition) is 2. The monoisotopic (exact) mass is 296 g/mol. The third-order valence-corrected chi connectivity index (χ3v) is 3.13. The van der Waals surface area contributed by atoms with Crippen molar-refractivity contribution in [2.75, 3.05) is 5.32 Å². The van der Waals surface area contributed by atoms with E-state index in [1.807, 2.05) is 24.3 Å². The summed E-state index contributed by atoms with van der Waals surface area (Å²) < 4.78 is 0. The Morgan fingerprint density at radius 3 is 2.41 bits per heavy atom. The minimum atomic E-state index is -0.409. The van der Waals surface area contributed by atoms with E-state index in [1.54, 1.807) is 12.1 Å². The van der Waals surface area contributed by atoms with Crippen molar-refractivity contribution in [3.05, 3.63) is 64.2 Å². The van der Waals surface area contributed by atoms with Crippen molar-refractivity contribution >= 4 is 11.4 Å². The summed E-state index contributed by atoms with van der Waals surface area (Å²) in [6, 6.07) is 14.1. The molecule has 0 aliphatic rings. The number of tetrazole rings is 1. The number of H-pyrrole nitrogens is 1. The average Bonchev–Trinajstić information content (AvgIpc) is 3.08. The molecule has 0 unspecified atom stereocenters. The molecule has 0 fully saturated rings. The first-order chi connectivity index (χ1) is 10.7. The summed E-state index contributed by atoms with van der Waals surface area (Å²) in [5, 5.41) is 27.6. The van der Waals surface area contributed by atoms with Crippen LogP contribution in [0.25, 0.3) is 11.4 Å². The molecule has 0 atom stereocenters. The molecule has 1 aromatic heterocycles. The second-order valence-corrected chi connectivity index (χ2v) is 4.59. The highest BCUT2D eigenvalue weighted by Gasteiger charge is 2.04. The van der Waals surface area contributed by atoms with Crippen molar-refractivity contribution in [1.82, 2.24) is 20.6 Å². The Morgan fingerprint density at radius 1 is 1.09 bits per heavy atom. The van der Waals surface area contributed by atoms with E-state index in [0.29, 0.717) is 12.4 Å². The Kier molecular flexibility index (Phi) is 3.73. The number of nitro groups is 1. The number of nitrogens with zero attached hydrogens (tertiary/aromatic N) is 4. The zero-order valence-electron chi connectivity index (χ0n) is 11.4. The maximum absolute atomic E-state index is 10.6. The molecule has 0 saturated carbocycles. The Balaban J connectivity index is 1.63. The van der Waals surface area contributed by atoms with Gasteiger partial charge in [0.2, 0.25) is 5.82 Å². The third kappa shape index (κ3) is 3.06. The van der Waals surface area contributed by atoms with Crippen LogP contribution in [0.15, 0.2) is 48.5 Å². The maximum atomic E-state index is 10.6. The van der Waals surface area contributed by atoms with Gasteiger partial charge in [0.1, 0.15) is 0 Å². The van der Waals surface area contributed by atoms with E-state index in [4.69, 9.17) is 0 Å². The summed E-state index contributed by atoms with van der Waals surface area (Å²) in [6.07, 6.45) is 0. The quantitative estimate of drug-likeness (QED) is 0.552. The Labute approximate surface area is 125 Å². The molecule has 3 aromatic rings. The molecule has 22 heavy (non-hydrogen) atoms. The summed E-state index contributed by atoms with van der Waals surface area (Å²) in [5.41, 5.74) is 2.86. The minimum Gasteiger partial charge on any atom is -0.381 e. The lowest BCUT2D eigenvalue weighted by atomic mass is 10.1. The van der Waals surface area contributed by atoms with Gasteiger partial charge in [-0.15, -0.1) is 10.2 Å². The summed E-state index contributed by atoms with van der Waals surface area (Å²) >= 11 is 0. The number of nitro benzene ring substituents is 1. The molecule has 0 amide bonds. The number of benzene rings is 2. The van der Waals surface area contributed by atoms with Gasteiger partial charge in [-0.25, -0.2) is 0 Å². The second-order valence-electron chi connectivity index (χ2n) is 4.59. The Morgan fingerprint density at radius 2 is 1.82 bits per heavy atom. The van der Waals surface area contributed by atoms with Gasteiger partial charge in [0.15, 0.2) is 0 Å². The first-order valence-corrected chi connectivity index (χ1v) is 6.53. The normalized spacial score (nSPS) is 10.4. The second kappa shape index (κ2) is 6.00. The maximum Gasteiger partial charge on any atom is 0.269 e. The van der Waals surface area contributed by atoms with Gasteiger partial charge < -0.3 is 5.32 Å². The average molecular weight is 296 g/mol. The lowest BCUT2D eigenvalue weighted by Gasteiger charge is -2.06. The topological polar surface area (TPSA) is 110 Å². The van der Waals surface area contributed by atoms with Gasteiger partial charge in [-0.3, -0.25) is 10.1 Å². The van der Waals surface area contributed by atoms with Gasteiger partial charge in [-0.2, -0.15) is 5.21 Å². The largest absolute Gasteiger partial charge is 0.381 e. The summed E-state index contributed by atoms with van der Waals surface area (Å²) in [5.74, 6) is 0.543. The van der Waals surface area contributed by atoms with Crippen molar-refractivity contribution in [2.24, 2.45) is 0 Å². The van der Waals surface area contributed by atoms with Crippen LogP contribution in [0, 0.1) is 10.1 Å². The number of aromatic amines is 1. The van der Waals surface area contributed by atoms with E-state index in [0.717, 1.165) is 16.8 Å². The number of rotatable bonds is 5. The SMILES string of the molecule is O=[N+]([O-])c1ccc(CNc2ccc(-c3nn[nH]n3)cc2)cc1. The molecule has 8 nitrogen and oxygen atoms in total. The molecule has 0 aliphatic heterocycles. The lowest BCUT2D eigenvalue weighted by Crippen LogP contribution is -1.99. The van der Waals surface area contributed by atoms with Crippen LogP contribution in [0.2, 0.25) is 0 Å². The van der Waals surface area contributed by atoms with Crippen molar-refractivity contribution < 1.29 is 4.92 Å². The van der Waals surface area contributed by atoms with E-state index < -0.39 is 4.92 Å². The molecule has 3 rings (SSSR count). The van der Waals surface area contributed by atoms with E-state index in [1.165, 1.54) is 12.1 Å². The first-order valence-electron chi connectivity index (χ1n) is 6.53. The highest BCUT2D eigenvalue weighted by Crippen LogP contribution is 2.18. The highest BCUT2D eigenvalue weighted by atomic mass is 16.6.